The summed E-state index contributed by atoms with van der Waals surface area (Å²) < 4.78 is 0. The predicted octanol–water partition coefficient (Wildman–Crippen LogP) is 2.33. The topological polar surface area (TPSA) is 52.2 Å². The van der Waals surface area contributed by atoms with Crippen LogP contribution in [-0.2, 0) is 6.54 Å². The second-order valence-corrected chi connectivity index (χ2v) is 6.05. The monoisotopic (exact) mass is 318 g/mol. The van der Waals surface area contributed by atoms with Gasteiger partial charge >= 0.3 is 0 Å². The molecule has 0 spiro atoms. The highest BCUT2D eigenvalue weighted by molar-refractivity contribution is 6.33. The molecule has 0 radical (unpaired) electrons. The SMILES string of the molecule is Cc1ccc(CN2CCN(C(=O)c3[nH]ncc3Cl)CC2)cc1. The van der Waals surface area contributed by atoms with Gasteiger partial charge in [0.1, 0.15) is 5.69 Å². The molecule has 6 heteroatoms. The summed E-state index contributed by atoms with van der Waals surface area (Å²) >= 11 is 5.95. The summed E-state index contributed by atoms with van der Waals surface area (Å²) in [7, 11) is 0. The lowest BCUT2D eigenvalue weighted by Crippen LogP contribution is -2.48. The standard InChI is InChI=1S/C16H19ClN4O/c1-12-2-4-13(5-3-12)11-20-6-8-21(9-7-20)16(22)15-14(17)10-18-19-15/h2-5,10H,6-9,11H2,1H3,(H,18,19). The maximum atomic E-state index is 12.3. The molecule has 0 atom stereocenters. The van der Waals surface area contributed by atoms with Crippen molar-refractivity contribution in [2.24, 2.45) is 0 Å². The maximum Gasteiger partial charge on any atom is 0.273 e. The molecule has 1 fully saturated rings. The van der Waals surface area contributed by atoms with Gasteiger partial charge in [0.15, 0.2) is 0 Å². The lowest BCUT2D eigenvalue weighted by molar-refractivity contribution is 0.0623. The van der Waals surface area contributed by atoms with Crippen molar-refractivity contribution in [3.05, 3.63) is 52.3 Å². The molecule has 0 bridgehead atoms. The van der Waals surface area contributed by atoms with Gasteiger partial charge in [-0.3, -0.25) is 14.8 Å². The smallest absolute Gasteiger partial charge is 0.273 e. The maximum absolute atomic E-state index is 12.3. The van der Waals surface area contributed by atoms with Crippen molar-refractivity contribution in [2.75, 3.05) is 26.2 Å². The van der Waals surface area contributed by atoms with E-state index in [1.807, 2.05) is 4.90 Å². The first-order valence-corrected chi connectivity index (χ1v) is 7.77. The zero-order valence-electron chi connectivity index (χ0n) is 12.6. The van der Waals surface area contributed by atoms with Crippen LogP contribution in [0.5, 0.6) is 0 Å². The average Bonchev–Trinajstić information content (AvgIpc) is 2.96. The quantitative estimate of drug-likeness (QED) is 0.945. The number of amides is 1. The van der Waals surface area contributed by atoms with E-state index in [2.05, 4.69) is 46.3 Å². The van der Waals surface area contributed by atoms with Gasteiger partial charge in [-0.05, 0) is 12.5 Å². The number of nitrogens with one attached hydrogen (secondary N) is 1. The van der Waals surface area contributed by atoms with Crippen LogP contribution < -0.4 is 0 Å². The normalized spacial score (nSPS) is 16.0. The number of hydrogen-bond acceptors (Lipinski definition) is 3. The Morgan fingerprint density at radius 2 is 1.91 bits per heavy atom. The van der Waals surface area contributed by atoms with E-state index < -0.39 is 0 Å². The van der Waals surface area contributed by atoms with Gasteiger partial charge in [-0.1, -0.05) is 41.4 Å². The minimum Gasteiger partial charge on any atom is -0.335 e. The molecule has 1 aromatic carbocycles. The van der Waals surface area contributed by atoms with Gasteiger partial charge in [-0.25, -0.2) is 0 Å². The van der Waals surface area contributed by atoms with E-state index in [1.54, 1.807) is 0 Å². The number of nitrogens with zero attached hydrogens (tertiary/aromatic N) is 3. The zero-order valence-corrected chi connectivity index (χ0v) is 13.3. The Balaban J connectivity index is 1.55. The van der Waals surface area contributed by atoms with Crippen LogP contribution in [-0.4, -0.2) is 52.1 Å². The van der Waals surface area contributed by atoms with Crippen LogP contribution in [0, 0.1) is 6.92 Å². The molecule has 0 aliphatic carbocycles. The molecular weight excluding hydrogens is 300 g/mol. The van der Waals surface area contributed by atoms with Crippen LogP contribution in [0.25, 0.3) is 0 Å². The van der Waals surface area contributed by atoms with Gasteiger partial charge in [-0.2, -0.15) is 5.10 Å². The molecule has 2 aromatic rings. The van der Waals surface area contributed by atoms with Crippen LogP contribution >= 0.6 is 11.6 Å². The Hall–Kier alpha value is -1.85. The molecule has 2 heterocycles. The van der Waals surface area contributed by atoms with Crippen molar-refractivity contribution in [2.45, 2.75) is 13.5 Å². The van der Waals surface area contributed by atoms with Gasteiger partial charge < -0.3 is 4.90 Å². The number of H-pyrrole nitrogens is 1. The Morgan fingerprint density at radius 3 is 2.50 bits per heavy atom. The van der Waals surface area contributed by atoms with Crippen molar-refractivity contribution in [1.82, 2.24) is 20.0 Å². The number of aryl methyl sites for hydroxylation is 1. The predicted molar refractivity (Wildman–Crippen MR) is 86.0 cm³/mol. The molecule has 5 nitrogen and oxygen atoms in total. The van der Waals surface area contributed by atoms with Crippen LogP contribution in [0.1, 0.15) is 21.6 Å². The lowest BCUT2D eigenvalue weighted by atomic mass is 10.1. The number of halogens is 1. The number of benzene rings is 1. The molecule has 1 aliphatic heterocycles. The van der Waals surface area contributed by atoms with Crippen LogP contribution in [0.15, 0.2) is 30.5 Å². The summed E-state index contributed by atoms with van der Waals surface area (Å²) in [5.41, 5.74) is 2.96. The molecule has 3 rings (SSSR count). The number of rotatable bonds is 3. The summed E-state index contributed by atoms with van der Waals surface area (Å²) in [5.74, 6) is -0.0718. The molecule has 22 heavy (non-hydrogen) atoms. The van der Waals surface area contributed by atoms with E-state index in [0.717, 1.165) is 19.6 Å². The summed E-state index contributed by atoms with van der Waals surface area (Å²) in [6, 6.07) is 8.60. The highest BCUT2D eigenvalue weighted by Gasteiger charge is 2.24. The first-order chi connectivity index (χ1) is 10.6. The number of carbonyl (C=O) groups excluding carboxylic acids is 1. The van der Waals surface area contributed by atoms with Crippen molar-refractivity contribution in [3.8, 4) is 0 Å². The Morgan fingerprint density at radius 1 is 1.23 bits per heavy atom. The van der Waals surface area contributed by atoms with Crippen molar-refractivity contribution in [3.63, 3.8) is 0 Å². The largest absolute Gasteiger partial charge is 0.335 e. The first kappa shape index (κ1) is 15.1. The third-order valence-corrected chi connectivity index (χ3v) is 4.28. The third-order valence-electron chi connectivity index (χ3n) is 3.99. The molecule has 1 saturated heterocycles. The van der Waals surface area contributed by atoms with E-state index in [4.69, 9.17) is 11.6 Å². The highest BCUT2D eigenvalue weighted by atomic mass is 35.5. The number of carbonyl (C=O) groups is 1. The second-order valence-electron chi connectivity index (χ2n) is 5.65. The Bertz CT molecular complexity index is 644. The molecule has 1 amide bonds. The number of piperazine rings is 1. The second kappa shape index (κ2) is 6.50. The summed E-state index contributed by atoms with van der Waals surface area (Å²) in [5, 5.41) is 6.85. The van der Waals surface area contributed by atoms with Gasteiger partial charge in [-0.15, -0.1) is 0 Å². The van der Waals surface area contributed by atoms with E-state index in [-0.39, 0.29) is 5.91 Å². The molecule has 1 aromatic heterocycles. The van der Waals surface area contributed by atoms with Gasteiger partial charge in [0.05, 0.1) is 11.2 Å². The summed E-state index contributed by atoms with van der Waals surface area (Å²) in [6.45, 7) is 6.17. The number of hydrogen-bond donors (Lipinski definition) is 1. The van der Waals surface area contributed by atoms with Crippen LogP contribution in [0.4, 0.5) is 0 Å². The fraction of sp³-hybridized carbons (Fsp3) is 0.375. The molecule has 0 unspecified atom stereocenters. The lowest BCUT2D eigenvalue weighted by Gasteiger charge is -2.34. The zero-order chi connectivity index (χ0) is 15.5. The van der Waals surface area contributed by atoms with E-state index >= 15 is 0 Å². The van der Waals surface area contributed by atoms with Gasteiger partial charge in [0, 0.05) is 32.7 Å². The minimum atomic E-state index is -0.0718. The summed E-state index contributed by atoms with van der Waals surface area (Å²) in [4.78, 5) is 16.5. The molecule has 1 aliphatic rings. The van der Waals surface area contributed by atoms with Crippen LogP contribution in [0.3, 0.4) is 0 Å². The number of aromatic amines is 1. The van der Waals surface area contributed by atoms with Gasteiger partial charge in [0.2, 0.25) is 0 Å². The highest BCUT2D eigenvalue weighted by Crippen LogP contribution is 2.16. The minimum absolute atomic E-state index is 0.0718. The average molecular weight is 319 g/mol. The van der Waals surface area contributed by atoms with Crippen LogP contribution in [0.2, 0.25) is 5.02 Å². The fourth-order valence-corrected chi connectivity index (χ4v) is 2.81. The van der Waals surface area contributed by atoms with Crippen molar-refractivity contribution < 1.29 is 4.79 Å². The molecule has 1 N–H and O–H groups in total. The number of aromatic nitrogens is 2. The third kappa shape index (κ3) is 3.31. The Labute approximate surface area is 134 Å². The summed E-state index contributed by atoms with van der Waals surface area (Å²) in [6.07, 6.45) is 1.46. The molecule has 0 saturated carbocycles. The Kier molecular flexibility index (Phi) is 4.45. The molecular formula is C16H19ClN4O. The fourth-order valence-electron chi connectivity index (χ4n) is 2.64. The molecule has 116 valence electrons. The van der Waals surface area contributed by atoms with Crippen molar-refractivity contribution >= 4 is 17.5 Å². The van der Waals surface area contributed by atoms with E-state index in [9.17, 15) is 4.79 Å². The van der Waals surface area contributed by atoms with E-state index in [1.165, 1.54) is 17.3 Å². The first-order valence-electron chi connectivity index (χ1n) is 7.39. The van der Waals surface area contributed by atoms with Gasteiger partial charge in [0.25, 0.3) is 5.91 Å². The van der Waals surface area contributed by atoms with E-state index in [0.29, 0.717) is 23.8 Å². The van der Waals surface area contributed by atoms with Crippen molar-refractivity contribution in [1.29, 1.82) is 0 Å².